The third kappa shape index (κ3) is 8.82. The summed E-state index contributed by atoms with van der Waals surface area (Å²) in [5.74, 6) is 0. The summed E-state index contributed by atoms with van der Waals surface area (Å²) in [5.41, 5.74) is 0. The molecule has 0 saturated carbocycles. The second-order valence-corrected chi connectivity index (χ2v) is 0.716. The van der Waals surface area contributed by atoms with Crippen LogP contribution in [0.1, 0.15) is 0 Å². The first-order valence-electron chi connectivity index (χ1n) is 1.51. The monoisotopic (exact) mass is 102 g/mol. The van der Waals surface area contributed by atoms with Gasteiger partial charge in [-0.1, -0.05) is 0 Å². The summed E-state index contributed by atoms with van der Waals surface area (Å²) in [6, 6.07) is 0. The van der Waals surface area contributed by atoms with Crippen LogP contribution in [0.25, 0.3) is 0 Å². The predicted molar refractivity (Wildman–Crippen MR) is 27.5 cm³/mol. The van der Waals surface area contributed by atoms with Gasteiger partial charge in [0.1, 0.15) is 0 Å². The molecule has 0 rings (SSSR count). The third-order valence-corrected chi connectivity index (χ3v) is 0.295. The van der Waals surface area contributed by atoms with E-state index in [4.69, 9.17) is 5.11 Å². The van der Waals surface area contributed by atoms with E-state index in [0.29, 0.717) is 6.61 Å². The molecule has 6 heavy (non-hydrogen) atoms. The van der Waals surface area contributed by atoms with Crippen molar-refractivity contribution in [2.24, 2.45) is 0 Å². The number of rotatable bonds is 2. The van der Waals surface area contributed by atoms with E-state index in [2.05, 4.69) is 4.74 Å². The van der Waals surface area contributed by atoms with E-state index >= 15 is 0 Å². The van der Waals surface area contributed by atoms with Gasteiger partial charge in [0.25, 0.3) is 0 Å². The molecule has 2 nitrogen and oxygen atoms in total. The van der Waals surface area contributed by atoms with Gasteiger partial charge in [0.2, 0.25) is 0 Å². The van der Waals surface area contributed by atoms with Gasteiger partial charge in [0.05, 0.1) is 13.2 Å². The van der Waals surface area contributed by atoms with E-state index in [1.54, 1.807) is 7.11 Å². The van der Waals surface area contributed by atoms with Gasteiger partial charge in [-0.2, -0.15) is 0 Å². The highest BCUT2D eigenvalue weighted by atomic mass is 24.3. The summed E-state index contributed by atoms with van der Waals surface area (Å²) >= 11 is 0. The Labute approximate surface area is 53.6 Å². The fourth-order valence-electron chi connectivity index (χ4n) is 0.0913. The summed E-state index contributed by atoms with van der Waals surface area (Å²) in [7, 11) is 1.55. The van der Waals surface area contributed by atoms with Crippen LogP contribution < -0.4 is 0 Å². The second-order valence-electron chi connectivity index (χ2n) is 0.716. The standard InChI is InChI=1S/C3H8O2.Mg.2H/c1-5-3-2-4;;;/h4H,2-3H2,1H3;;;. The molecular weight excluding hydrogens is 92.3 g/mol. The lowest BCUT2D eigenvalue weighted by Gasteiger charge is -1.84. The van der Waals surface area contributed by atoms with Crippen LogP contribution in [0.2, 0.25) is 0 Å². The van der Waals surface area contributed by atoms with Gasteiger partial charge in [-0.25, -0.2) is 0 Å². The van der Waals surface area contributed by atoms with E-state index in [9.17, 15) is 0 Å². The molecule has 36 valence electrons. The topological polar surface area (TPSA) is 29.5 Å². The molecule has 0 aromatic carbocycles. The molecule has 0 bridgehead atoms. The van der Waals surface area contributed by atoms with Crippen LogP contribution in [0.15, 0.2) is 0 Å². The minimum Gasteiger partial charge on any atom is -0.394 e. The van der Waals surface area contributed by atoms with Crippen LogP contribution in [0.4, 0.5) is 0 Å². The zero-order valence-electron chi connectivity index (χ0n) is 3.27. The molecule has 1 N–H and O–H groups in total. The Kier molecular flexibility index (Phi) is 15.1. The van der Waals surface area contributed by atoms with Gasteiger partial charge in [-0.3, -0.25) is 0 Å². The normalized spacial score (nSPS) is 7.00. The number of aliphatic hydroxyl groups is 1. The van der Waals surface area contributed by atoms with E-state index in [0.717, 1.165) is 0 Å². The quantitative estimate of drug-likeness (QED) is 0.440. The Hall–Kier alpha value is 0.686. The van der Waals surface area contributed by atoms with Crippen molar-refractivity contribution >= 4 is 23.1 Å². The number of hydrogen-bond acceptors (Lipinski definition) is 2. The second kappa shape index (κ2) is 9.19. The number of aliphatic hydroxyl groups excluding tert-OH is 1. The van der Waals surface area contributed by atoms with Crippen molar-refractivity contribution in [2.75, 3.05) is 20.3 Å². The molecular formula is C3H10MgO2. The predicted octanol–water partition coefficient (Wildman–Crippen LogP) is -1.29. The van der Waals surface area contributed by atoms with Crippen molar-refractivity contribution in [3.63, 3.8) is 0 Å². The Morgan fingerprint density at radius 1 is 1.67 bits per heavy atom. The maximum Gasteiger partial charge on any atom is 0.316 e. The zero-order chi connectivity index (χ0) is 4.12. The maximum atomic E-state index is 7.94. The smallest absolute Gasteiger partial charge is 0.316 e. The Morgan fingerprint density at radius 3 is 2.17 bits per heavy atom. The highest BCUT2D eigenvalue weighted by molar-refractivity contribution is 5.75. The maximum absolute atomic E-state index is 7.94. The summed E-state index contributed by atoms with van der Waals surface area (Å²) in [6.45, 7) is 0.566. The summed E-state index contributed by atoms with van der Waals surface area (Å²) in [6.07, 6.45) is 0. The average molecular weight is 102 g/mol. The van der Waals surface area contributed by atoms with Crippen molar-refractivity contribution in [1.82, 2.24) is 0 Å². The summed E-state index contributed by atoms with van der Waals surface area (Å²) in [4.78, 5) is 0. The molecule has 0 aromatic heterocycles. The van der Waals surface area contributed by atoms with E-state index in [-0.39, 0.29) is 29.7 Å². The van der Waals surface area contributed by atoms with E-state index < -0.39 is 0 Å². The lowest BCUT2D eigenvalue weighted by atomic mass is 10.8. The molecule has 0 spiro atoms. The van der Waals surface area contributed by atoms with Crippen LogP contribution in [0, 0.1) is 0 Å². The molecule has 0 heterocycles. The van der Waals surface area contributed by atoms with Crippen LogP contribution >= 0.6 is 0 Å². The molecule has 0 amide bonds. The van der Waals surface area contributed by atoms with Crippen molar-refractivity contribution < 1.29 is 9.84 Å². The van der Waals surface area contributed by atoms with Crippen LogP contribution in [0.3, 0.4) is 0 Å². The first kappa shape index (κ1) is 9.84. The largest absolute Gasteiger partial charge is 0.394 e. The first-order chi connectivity index (χ1) is 2.41. The fourth-order valence-corrected chi connectivity index (χ4v) is 0.0913. The lowest BCUT2D eigenvalue weighted by molar-refractivity contribution is 0.135. The van der Waals surface area contributed by atoms with Gasteiger partial charge in [0.15, 0.2) is 0 Å². The SMILES string of the molecule is COCCO.[MgH2]. The van der Waals surface area contributed by atoms with Gasteiger partial charge in [-0.15, -0.1) is 0 Å². The van der Waals surface area contributed by atoms with Crippen LogP contribution in [-0.4, -0.2) is 48.5 Å². The van der Waals surface area contributed by atoms with Crippen LogP contribution in [-0.2, 0) is 4.74 Å². The van der Waals surface area contributed by atoms with Crippen molar-refractivity contribution in [1.29, 1.82) is 0 Å². The van der Waals surface area contributed by atoms with Gasteiger partial charge in [-0.05, 0) is 0 Å². The average Bonchev–Trinajstić information content (AvgIpc) is 1.41. The molecule has 0 aliphatic rings. The molecule has 0 aliphatic carbocycles. The molecule has 0 unspecified atom stereocenters. The Balaban J connectivity index is 0. The minimum absolute atomic E-state index is 0. The summed E-state index contributed by atoms with van der Waals surface area (Å²) in [5, 5.41) is 7.94. The van der Waals surface area contributed by atoms with Crippen molar-refractivity contribution in [3.8, 4) is 0 Å². The van der Waals surface area contributed by atoms with E-state index in [1.165, 1.54) is 0 Å². The van der Waals surface area contributed by atoms with Crippen molar-refractivity contribution in [3.05, 3.63) is 0 Å². The molecule has 3 heteroatoms. The molecule has 0 aliphatic heterocycles. The van der Waals surface area contributed by atoms with Crippen molar-refractivity contribution in [2.45, 2.75) is 0 Å². The molecule has 0 fully saturated rings. The minimum atomic E-state index is 0. The van der Waals surface area contributed by atoms with Crippen LogP contribution in [0.5, 0.6) is 0 Å². The number of ether oxygens (including phenoxy) is 1. The van der Waals surface area contributed by atoms with Gasteiger partial charge >= 0.3 is 23.1 Å². The first-order valence-corrected chi connectivity index (χ1v) is 1.51. The highest BCUT2D eigenvalue weighted by Gasteiger charge is 1.67. The zero-order valence-corrected chi connectivity index (χ0v) is 3.27. The van der Waals surface area contributed by atoms with Gasteiger partial charge in [0, 0.05) is 7.11 Å². The molecule has 0 saturated heterocycles. The fraction of sp³-hybridized carbons (Fsp3) is 1.00. The Bertz CT molecular complexity index is 16.3. The third-order valence-electron chi connectivity index (χ3n) is 0.295. The van der Waals surface area contributed by atoms with E-state index in [1.807, 2.05) is 0 Å². The summed E-state index contributed by atoms with van der Waals surface area (Å²) < 4.78 is 4.44. The lowest BCUT2D eigenvalue weighted by Crippen LogP contribution is -1.91. The number of hydrogen-bond donors (Lipinski definition) is 1. The highest BCUT2D eigenvalue weighted by Crippen LogP contribution is 1.56. The molecule has 0 aromatic rings. The Morgan fingerprint density at radius 2 is 2.17 bits per heavy atom. The molecule has 0 atom stereocenters. The molecule has 0 radical (unpaired) electrons. The van der Waals surface area contributed by atoms with Gasteiger partial charge < -0.3 is 9.84 Å². The number of methoxy groups -OCH3 is 1.